The van der Waals surface area contributed by atoms with Crippen LogP contribution in [0.4, 0.5) is 18.9 Å². The molecule has 0 unspecified atom stereocenters. The molecular weight excluding hydrogens is 571 g/mol. The number of anilines is 1. The van der Waals surface area contributed by atoms with Gasteiger partial charge < -0.3 is 20.5 Å². The molecule has 1 aliphatic carbocycles. The van der Waals surface area contributed by atoms with Crippen LogP contribution in [0.15, 0.2) is 30.6 Å². The third-order valence-corrected chi connectivity index (χ3v) is 8.87. The van der Waals surface area contributed by atoms with Crippen LogP contribution < -0.4 is 10.6 Å². The summed E-state index contributed by atoms with van der Waals surface area (Å²) < 4.78 is 41.9. The van der Waals surface area contributed by atoms with E-state index in [1.807, 2.05) is 4.90 Å². The van der Waals surface area contributed by atoms with E-state index in [1.54, 1.807) is 12.1 Å². The van der Waals surface area contributed by atoms with Crippen molar-refractivity contribution in [2.75, 3.05) is 31.5 Å². The molecule has 13 heteroatoms. The fraction of sp³-hybridized carbons (Fsp3) is 0.517. The average Bonchev–Trinajstić information content (AvgIpc) is 3.56. The zero-order valence-corrected chi connectivity index (χ0v) is 23.8. The number of likely N-dealkylation sites (tertiary alicyclic amines) is 1. The van der Waals surface area contributed by atoms with Gasteiger partial charge in [-0.2, -0.15) is 18.3 Å². The monoisotopic (exact) mass is 603 g/mol. The Kier molecular flexibility index (Phi) is 8.01. The van der Waals surface area contributed by atoms with Crippen LogP contribution in [0.2, 0.25) is 5.02 Å². The summed E-state index contributed by atoms with van der Waals surface area (Å²) in [4.78, 5) is 34.7. The van der Waals surface area contributed by atoms with Gasteiger partial charge in [-0.15, -0.1) is 0 Å². The highest BCUT2D eigenvalue weighted by Crippen LogP contribution is 2.38. The van der Waals surface area contributed by atoms with Crippen LogP contribution in [-0.4, -0.2) is 62.6 Å². The Balaban J connectivity index is 1.06. The van der Waals surface area contributed by atoms with Crippen LogP contribution in [0, 0.1) is 11.8 Å². The number of amides is 2. The number of carbonyl (C=O) groups excluding carboxylic acids is 2. The van der Waals surface area contributed by atoms with Gasteiger partial charge in [0, 0.05) is 48.8 Å². The van der Waals surface area contributed by atoms with E-state index >= 15 is 0 Å². The van der Waals surface area contributed by atoms with Gasteiger partial charge in [0.05, 0.1) is 16.6 Å². The minimum absolute atomic E-state index is 0.00729. The predicted octanol–water partition coefficient (Wildman–Crippen LogP) is 5.31. The van der Waals surface area contributed by atoms with Gasteiger partial charge in [-0.3, -0.25) is 14.3 Å². The molecule has 6 rings (SSSR count). The first-order chi connectivity index (χ1) is 20.2. The summed E-state index contributed by atoms with van der Waals surface area (Å²) in [5, 5.41) is 10.1. The zero-order chi connectivity index (χ0) is 29.4. The lowest BCUT2D eigenvalue weighted by Crippen LogP contribution is -2.42. The van der Waals surface area contributed by atoms with Crippen LogP contribution >= 0.6 is 11.6 Å². The molecule has 0 atom stereocenters. The molecule has 2 saturated heterocycles. The molecule has 3 N–H and O–H groups in total. The standard InChI is InChI=1S/C29H33ClF3N7O2/c30-24-14-20(1-4-23(24)28(42)39-11-7-18(8-12-39)17-5-9-34-10-6-17)37-27(41)26-35-15-21(36-26)13-19-16-40(22-2-3-22)38-25(19)29(31,32)33/h1,4,14-18,22,34H,2-3,5-13H2,(H,35,36)(H,37,41). The number of rotatable bonds is 7. The largest absolute Gasteiger partial charge is 0.435 e. The van der Waals surface area contributed by atoms with Crippen molar-refractivity contribution in [1.82, 2.24) is 30.0 Å². The summed E-state index contributed by atoms with van der Waals surface area (Å²) in [6, 6.07) is 4.72. The Labute approximate surface area is 246 Å². The molecular formula is C29H33ClF3N7O2. The van der Waals surface area contributed by atoms with Gasteiger partial charge >= 0.3 is 6.18 Å². The van der Waals surface area contributed by atoms with E-state index in [4.69, 9.17) is 11.6 Å². The topological polar surface area (TPSA) is 108 Å². The number of benzene rings is 1. The predicted molar refractivity (Wildman–Crippen MR) is 151 cm³/mol. The normalized spacial score (nSPS) is 18.8. The van der Waals surface area contributed by atoms with Crippen molar-refractivity contribution in [3.63, 3.8) is 0 Å². The van der Waals surface area contributed by atoms with Crippen molar-refractivity contribution in [3.8, 4) is 0 Å². The minimum atomic E-state index is -4.58. The third-order valence-electron chi connectivity index (χ3n) is 8.56. The highest BCUT2D eigenvalue weighted by molar-refractivity contribution is 6.34. The van der Waals surface area contributed by atoms with Crippen LogP contribution in [0.25, 0.3) is 0 Å². The SMILES string of the molecule is O=C(Nc1ccc(C(=O)N2CCC(C3CCNCC3)CC2)c(Cl)c1)c1ncc(Cc2cn(C3CC3)nc2C(F)(F)F)[nH]1. The lowest BCUT2D eigenvalue weighted by Gasteiger charge is -2.38. The number of H-pyrrole nitrogens is 1. The van der Waals surface area contributed by atoms with Crippen LogP contribution in [0.3, 0.4) is 0 Å². The second-order valence-electron chi connectivity index (χ2n) is 11.5. The number of hydrogen-bond donors (Lipinski definition) is 3. The van der Waals surface area contributed by atoms with Gasteiger partial charge in [0.1, 0.15) is 0 Å². The average molecular weight is 604 g/mol. The van der Waals surface area contributed by atoms with Crippen molar-refractivity contribution in [2.24, 2.45) is 11.8 Å². The maximum absolute atomic E-state index is 13.5. The second kappa shape index (κ2) is 11.7. The number of alkyl halides is 3. The zero-order valence-electron chi connectivity index (χ0n) is 23.0. The number of carbonyl (C=O) groups is 2. The number of imidazole rings is 1. The minimum Gasteiger partial charge on any atom is -0.339 e. The number of nitrogens with zero attached hydrogens (tertiary/aromatic N) is 4. The first-order valence-corrected chi connectivity index (χ1v) is 14.8. The van der Waals surface area contributed by atoms with E-state index in [0.717, 1.165) is 44.7 Å². The van der Waals surface area contributed by atoms with Crippen molar-refractivity contribution < 1.29 is 22.8 Å². The molecule has 42 heavy (non-hydrogen) atoms. The van der Waals surface area contributed by atoms with Crippen molar-refractivity contribution in [2.45, 2.75) is 57.2 Å². The van der Waals surface area contributed by atoms with E-state index in [1.165, 1.54) is 36.0 Å². The Hall–Kier alpha value is -3.38. The fourth-order valence-electron chi connectivity index (χ4n) is 6.11. The summed E-state index contributed by atoms with van der Waals surface area (Å²) in [7, 11) is 0. The molecule has 2 amide bonds. The highest BCUT2D eigenvalue weighted by atomic mass is 35.5. The van der Waals surface area contributed by atoms with Gasteiger partial charge in [-0.1, -0.05) is 11.6 Å². The maximum atomic E-state index is 13.5. The lowest BCUT2D eigenvalue weighted by molar-refractivity contribution is -0.142. The summed E-state index contributed by atoms with van der Waals surface area (Å²) >= 11 is 6.47. The molecule has 2 aliphatic heterocycles. The lowest BCUT2D eigenvalue weighted by atomic mass is 9.79. The van der Waals surface area contributed by atoms with E-state index in [0.29, 0.717) is 36.0 Å². The summed E-state index contributed by atoms with van der Waals surface area (Å²) in [5.41, 5.74) is 0.193. The molecule has 2 aromatic heterocycles. The second-order valence-corrected chi connectivity index (χ2v) is 11.9. The molecule has 4 heterocycles. The van der Waals surface area contributed by atoms with Gasteiger partial charge in [-0.05, 0) is 81.6 Å². The first-order valence-electron chi connectivity index (χ1n) is 14.5. The molecule has 3 aliphatic rings. The Morgan fingerprint density at radius 2 is 1.76 bits per heavy atom. The smallest absolute Gasteiger partial charge is 0.339 e. The summed E-state index contributed by atoms with van der Waals surface area (Å²) in [5.74, 6) is 0.616. The Morgan fingerprint density at radius 3 is 2.43 bits per heavy atom. The number of hydrogen-bond acceptors (Lipinski definition) is 5. The molecule has 1 saturated carbocycles. The highest BCUT2D eigenvalue weighted by Gasteiger charge is 2.39. The van der Waals surface area contributed by atoms with Crippen LogP contribution in [0.1, 0.15) is 82.5 Å². The molecule has 0 bridgehead atoms. The number of aromatic amines is 1. The van der Waals surface area contributed by atoms with Crippen LogP contribution in [-0.2, 0) is 12.6 Å². The number of piperidine rings is 2. The van der Waals surface area contributed by atoms with E-state index in [2.05, 4.69) is 25.7 Å². The molecule has 1 aromatic carbocycles. The third kappa shape index (κ3) is 6.34. The quantitative estimate of drug-likeness (QED) is 0.339. The van der Waals surface area contributed by atoms with E-state index in [9.17, 15) is 22.8 Å². The molecule has 3 fully saturated rings. The molecule has 3 aromatic rings. The molecule has 9 nitrogen and oxygen atoms in total. The van der Waals surface area contributed by atoms with Gasteiger partial charge in [0.2, 0.25) is 0 Å². The summed E-state index contributed by atoms with van der Waals surface area (Å²) in [6.45, 7) is 3.54. The number of nitrogens with one attached hydrogen (secondary N) is 3. The van der Waals surface area contributed by atoms with E-state index < -0.39 is 17.8 Å². The molecule has 224 valence electrons. The van der Waals surface area contributed by atoms with Crippen molar-refractivity contribution in [3.05, 3.63) is 64.0 Å². The number of aromatic nitrogens is 4. The fourth-order valence-corrected chi connectivity index (χ4v) is 6.37. The van der Waals surface area contributed by atoms with Crippen molar-refractivity contribution >= 4 is 29.1 Å². The van der Waals surface area contributed by atoms with Crippen molar-refractivity contribution in [1.29, 1.82) is 0 Å². The van der Waals surface area contributed by atoms with Gasteiger partial charge in [0.25, 0.3) is 11.8 Å². The summed E-state index contributed by atoms with van der Waals surface area (Å²) in [6.07, 6.45) is 4.08. The Morgan fingerprint density at radius 1 is 1.05 bits per heavy atom. The Bertz CT molecular complexity index is 1450. The first kappa shape index (κ1) is 28.7. The van der Waals surface area contributed by atoms with E-state index in [-0.39, 0.29) is 34.8 Å². The molecule has 0 spiro atoms. The van der Waals surface area contributed by atoms with Gasteiger partial charge in [0.15, 0.2) is 11.5 Å². The maximum Gasteiger partial charge on any atom is 0.435 e. The number of halogens is 4. The van der Waals surface area contributed by atoms with Crippen LogP contribution in [0.5, 0.6) is 0 Å². The molecule has 0 radical (unpaired) electrons. The van der Waals surface area contributed by atoms with Gasteiger partial charge in [-0.25, -0.2) is 4.98 Å².